The summed E-state index contributed by atoms with van der Waals surface area (Å²) in [5.41, 5.74) is 2.72. The minimum atomic E-state index is 0.262. The lowest BCUT2D eigenvalue weighted by molar-refractivity contribution is 0.282. The maximum Gasteiger partial charge on any atom is 0.152 e. The minimum Gasteiger partial charge on any atom is -0.154 e. The smallest absolute Gasteiger partial charge is 0.152 e. The molecule has 1 aromatic heterocycles. The van der Waals surface area contributed by atoms with Gasteiger partial charge in [-0.05, 0) is 36.3 Å². The lowest BCUT2D eigenvalue weighted by Crippen LogP contribution is -2.24. The van der Waals surface area contributed by atoms with E-state index in [0.29, 0.717) is 11.1 Å². The van der Waals surface area contributed by atoms with Crippen LogP contribution in [0.2, 0.25) is 5.15 Å². The molecule has 0 amide bonds. The van der Waals surface area contributed by atoms with Gasteiger partial charge in [-0.3, -0.25) is 0 Å². The van der Waals surface area contributed by atoms with E-state index in [0.717, 1.165) is 12.1 Å². The van der Waals surface area contributed by atoms with Gasteiger partial charge in [-0.2, -0.15) is 5.10 Å². The molecule has 1 atom stereocenters. The molecule has 1 aliphatic carbocycles. The highest BCUT2D eigenvalue weighted by Gasteiger charge is 2.32. The molecule has 0 bridgehead atoms. The Hall–Kier alpha value is -0.630. The highest BCUT2D eigenvalue weighted by molar-refractivity contribution is 6.29. The molecular weight excluding hydrogens is 208 g/mol. The number of hydrogen-bond donors (Lipinski definition) is 0. The summed E-state index contributed by atoms with van der Waals surface area (Å²) in [6.45, 7) is 6.80. The molecule has 15 heavy (non-hydrogen) atoms. The Morgan fingerprint density at radius 3 is 2.73 bits per heavy atom. The number of fused-ring (bicyclic) bond motifs is 1. The summed E-state index contributed by atoms with van der Waals surface area (Å²) >= 11 is 5.87. The molecule has 0 aliphatic heterocycles. The van der Waals surface area contributed by atoms with Gasteiger partial charge in [0, 0.05) is 5.92 Å². The van der Waals surface area contributed by atoms with Crippen molar-refractivity contribution in [2.24, 2.45) is 5.41 Å². The molecule has 2 nitrogen and oxygen atoms in total. The number of aryl methyl sites for hydroxylation is 1. The predicted molar refractivity (Wildman–Crippen MR) is 62.2 cm³/mol. The molecular formula is C12H17ClN2. The van der Waals surface area contributed by atoms with Crippen LogP contribution in [0.15, 0.2) is 6.07 Å². The van der Waals surface area contributed by atoms with Gasteiger partial charge in [0.15, 0.2) is 5.15 Å². The highest BCUT2D eigenvalue weighted by atomic mass is 35.5. The van der Waals surface area contributed by atoms with E-state index in [-0.39, 0.29) is 5.41 Å². The normalized spacial score (nSPS) is 21.2. The zero-order valence-corrected chi connectivity index (χ0v) is 10.3. The molecule has 3 heteroatoms. The van der Waals surface area contributed by atoms with E-state index in [2.05, 4.69) is 31.0 Å². The quantitative estimate of drug-likeness (QED) is 0.673. The van der Waals surface area contributed by atoms with Crippen molar-refractivity contribution >= 4 is 11.6 Å². The highest BCUT2D eigenvalue weighted by Crippen LogP contribution is 2.42. The van der Waals surface area contributed by atoms with Gasteiger partial charge >= 0.3 is 0 Å². The van der Waals surface area contributed by atoms with Crippen molar-refractivity contribution in [3.63, 3.8) is 0 Å². The summed E-state index contributed by atoms with van der Waals surface area (Å²) in [4.78, 5) is 0. The van der Waals surface area contributed by atoms with Gasteiger partial charge in [0.1, 0.15) is 0 Å². The summed E-state index contributed by atoms with van der Waals surface area (Å²) in [5.74, 6) is 0.519. The summed E-state index contributed by atoms with van der Waals surface area (Å²) in [6, 6.07) is 1.97. The van der Waals surface area contributed by atoms with E-state index in [1.165, 1.54) is 18.4 Å². The lowest BCUT2D eigenvalue weighted by atomic mass is 9.72. The first-order valence-corrected chi connectivity index (χ1v) is 5.88. The van der Waals surface area contributed by atoms with E-state index < -0.39 is 0 Å². The molecule has 82 valence electrons. The molecule has 0 radical (unpaired) electrons. The largest absolute Gasteiger partial charge is 0.154 e. The number of nitrogens with zero attached hydrogens (tertiary/aromatic N) is 2. The van der Waals surface area contributed by atoms with Crippen molar-refractivity contribution < 1.29 is 0 Å². The molecule has 1 heterocycles. The maximum atomic E-state index is 5.87. The number of halogens is 1. The zero-order valence-electron chi connectivity index (χ0n) is 9.55. The molecule has 0 N–H and O–H groups in total. The summed E-state index contributed by atoms with van der Waals surface area (Å²) in [5, 5.41) is 8.77. The standard InChI is InChI=1S/C12H17ClN2/c1-12(2,3)9-6-4-5-8-7-10(13)14-15-11(8)9/h7,9H,4-6H2,1-3H3. The topological polar surface area (TPSA) is 25.8 Å². The maximum absolute atomic E-state index is 5.87. The van der Waals surface area contributed by atoms with Gasteiger partial charge in [0.25, 0.3) is 0 Å². The molecule has 1 unspecified atom stereocenters. The Bertz CT molecular complexity index is 368. The van der Waals surface area contributed by atoms with E-state index in [4.69, 9.17) is 11.6 Å². The van der Waals surface area contributed by atoms with E-state index >= 15 is 0 Å². The van der Waals surface area contributed by atoms with Crippen LogP contribution in [0.4, 0.5) is 0 Å². The van der Waals surface area contributed by atoms with Gasteiger partial charge in [-0.25, -0.2) is 0 Å². The molecule has 1 aliphatic rings. The van der Waals surface area contributed by atoms with Crippen molar-refractivity contribution in [1.82, 2.24) is 10.2 Å². The van der Waals surface area contributed by atoms with Gasteiger partial charge in [0.05, 0.1) is 5.69 Å². The molecule has 0 spiro atoms. The van der Waals surface area contributed by atoms with Crippen LogP contribution in [-0.2, 0) is 6.42 Å². The van der Waals surface area contributed by atoms with Gasteiger partial charge in [0.2, 0.25) is 0 Å². The van der Waals surface area contributed by atoms with Crippen LogP contribution in [0.1, 0.15) is 50.8 Å². The summed E-state index contributed by atoms with van der Waals surface area (Å²) in [7, 11) is 0. The van der Waals surface area contributed by atoms with Crippen molar-refractivity contribution in [2.75, 3.05) is 0 Å². The summed E-state index contributed by atoms with van der Waals surface area (Å²) < 4.78 is 0. The van der Waals surface area contributed by atoms with Crippen LogP contribution in [0.5, 0.6) is 0 Å². The van der Waals surface area contributed by atoms with Crippen molar-refractivity contribution in [2.45, 2.75) is 46.0 Å². The molecule has 0 aromatic carbocycles. The van der Waals surface area contributed by atoms with Crippen molar-refractivity contribution in [3.8, 4) is 0 Å². The van der Waals surface area contributed by atoms with Crippen LogP contribution in [0.25, 0.3) is 0 Å². The average Bonchev–Trinajstić information content (AvgIpc) is 2.15. The van der Waals surface area contributed by atoms with Crippen LogP contribution >= 0.6 is 11.6 Å². The lowest BCUT2D eigenvalue weighted by Gasteiger charge is -2.34. The Kier molecular flexibility index (Phi) is 2.72. The fraction of sp³-hybridized carbons (Fsp3) is 0.667. The fourth-order valence-corrected chi connectivity index (χ4v) is 2.55. The second kappa shape index (κ2) is 3.75. The molecule has 0 saturated heterocycles. The first-order chi connectivity index (χ1) is 6.98. The third-order valence-electron chi connectivity index (χ3n) is 3.19. The van der Waals surface area contributed by atoms with Gasteiger partial charge < -0.3 is 0 Å². The monoisotopic (exact) mass is 224 g/mol. The van der Waals surface area contributed by atoms with Crippen LogP contribution < -0.4 is 0 Å². The number of aromatic nitrogens is 2. The number of hydrogen-bond acceptors (Lipinski definition) is 2. The van der Waals surface area contributed by atoms with Crippen LogP contribution in [-0.4, -0.2) is 10.2 Å². The molecule has 0 fully saturated rings. The first kappa shape index (κ1) is 10.9. The Balaban J connectivity index is 2.43. The van der Waals surface area contributed by atoms with Crippen LogP contribution in [0.3, 0.4) is 0 Å². The molecule has 0 saturated carbocycles. The molecule has 1 aromatic rings. The van der Waals surface area contributed by atoms with E-state index in [9.17, 15) is 0 Å². The van der Waals surface area contributed by atoms with Gasteiger partial charge in [-0.1, -0.05) is 32.4 Å². The van der Waals surface area contributed by atoms with Gasteiger partial charge in [-0.15, -0.1) is 5.10 Å². The van der Waals surface area contributed by atoms with E-state index in [1.807, 2.05) is 6.07 Å². The molecule has 2 rings (SSSR count). The second-order valence-corrected chi connectivity index (χ2v) is 5.78. The second-order valence-electron chi connectivity index (χ2n) is 5.39. The minimum absolute atomic E-state index is 0.262. The average molecular weight is 225 g/mol. The summed E-state index contributed by atoms with van der Waals surface area (Å²) in [6.07, 6.45) is 3.54. The Morgan fingerprint density at radius 2 is 2.07 bits per heavy atom. The SMILES string of the molecule is CC(C)(C)C1CCCc2cc(Cl)nnc21. The third-order valence-corrected chi connectivity index (χ3v) is 3.37. The third kappa shape index (κ3) is 2.15. The Labute approximate surface area is 96.1 Å². The zero-order chi connectivity index (χ0) is 11.1. The number of rotatable bonds is 0. The fourth-order valence-electron chi connectivity index (χ4n) is 2.38. The van der Waals surface area contributed by atoms with Crippen LogP contribution in [0, 0.1) is 5.41 Å². The first-order valence-electron chi connectivity index (χ1n) is 5.50. The van der Waals surface area contributed by atoms with E-state index in [1.54, 1.807) is 0 Å². The van der Waals surface area contributed by atoms with Crippen molar-refractivity contribution in [3.05, 3.63) is 22.5 Å². The van der Waals surface area contributed by atoms with Crippen molar-refractivity contribution in [1.29, 1.82) is 0 Å². The Morgan fingerprint density at radius 1 is 1.33 bits per heavy atom. The predicted octanol–water partition coefficient (Wildman–Crippen LogP) is 3.60.